The predicted octanol–water partition coefficient (Wildman–Crippen LogP) is 2.87. The van der Waals surface area contributed by atoms with Crippen LogP contribution in [0.1, 0.15) is 10.4 Å². The monoisotopic (exact) mass is 302 g/mol. The topological polar surface area (TPSA) is 79.9 Å². The number of hydrogen-bond donors (Lipinski definition) is 2. The normalized spacial score (nSPS) is 10.6. The van der Waals surface area contributed by atoms with Crippen LogP contribution < -0.4 is 10.1 Å². The van der Waals surface area contributed by atoms with Gasteiger partial charge in [0.15, 0.2) is 0 Å². The number of aromatic nitrogens is 3. The fourth-order valence-corrected chi connectivity index (χ4v) is 2.10. The first-order valence-corrected chi connectivity index (χ1v) is 6.50. The molecule has 0 unspecified atom stereocenters. The summed E-state index contributed by atoms with van der Waals surface area (Å²) in [6.45, 7) is 0. The highest BCUT2D eigenvalue weighted by Gasteiger charge is 2.11. The van der Waals surface area contributed by atoms with Crippen molar-refractivity contribution in [2.24, 2.45) is 0 Å². The number of anilines is 1. The molecule has 21 heavy (non-hydrogen) atoms. The number of hydrogen-bond acceptors (Lipinski definition) is 4. The first kappa shape index (κ1) is 13.4. The Labute approximate surface area is 125 Å². The van der Waals surface area contributed by atoms with Crippen LogP contribution in [0.15, 0.2) is 36.5 Å². The van der Waals surface area contributed by atoms with E-state index in [9.17, 15) is 4.79 Å². The summed E-state index contributed by atoms with van der Waals surface area (Å²) < 4.78 is 4.98. The Kier molecular flexibility index (Phi) is 3.45. The zero-order valence-corrected chi connectivity index (χ0v) is 11.8. The summed E-state index contributed by atoms with van der Waals surface area (Å²) >= 11 is 5.84. The molecule has 0 bridgehead atoms. The van der Waals surface area contributed by atoms with E-state index in [1.54, 1.807) is 12.1 Å². The number of aromatic amines is 1. The Morgan fingerprint density at radius 3 is 2.95 bits per heavy atom. The quantitative estimate of drug-likeness (QED) is 0.729. The van der Waals surface area contributed by atoms with Crippen LogP contribution in [0.25, 0.3) is 10.9 Å². The summed E-state index contributed by atoms with van der Waals surface area (Å²) in [5.74, 6) is 0.0623. The maximum absolute atomic E-state index is 12.2. The van der Waals surface area contributed by atoms with Gasteiger partial charge < -0.3 is 9.72 Å². The van der Waals surface area contributed by atoms with Crippen LogP contribution in [0.4, 0.5) is 5.95 Å². The minimum Gasteiger partial charge on any atom is -0.481 e. The molecule has 0 spiro atoms. The highest BCUT2D eigenvalue weighted by Crippen LogP contribution is 2.18. The number of nitrogens with zero attached hydrogens (tertiary/aromatic N) is 2. The maximum atomic E-state index is 12.2. The van der Waals surface area contributed by atoms with Gasteiger partial charge in [-0.3, -0.25) is 10.1 Å². The van der Waals surface area contributed by atoms with Crippen molar-refractivity contribution < 1.29 is 9.53 Å². The molecule has 0 fully saturated rings. The minimum absolute atomic E-state index is 0.0958. The lowest BCUT2D eigenvalue weighted by atomic mass is 10.1. The molecule has 1 amide bonds. The van der Waals surface area contributed by atoms with Crippen LogP contribution in [0.5, 0.6) is 5.88 Å². The Morgan fingerprint density at radius 2 is 2.14 bits per heavy atom. The van der Waals surface area contributed by atoms with Crippen molar-refractivity contribution in [3.05, 3.63) is 47.2 Å². The number of carbonyl (C=O) groups excluding carboxylic acids is 1. The molecule has 106 valence electrons. The van der Waals surface area contributed by atoms with Gasteiger partial charge in [0, 0.05) is 28.7 Å². The van der Waals surface area contributed by atoms with E-state index in [0.717, 1.165) is 10.9 Å². The lowest BCUT2D eigenvalue weighted by Crippen LogP contribution is -2.14. The third kappa shape index (κ3) is 2.80. The Hall–Kier alpha value is -2.60. The van der Waals surface area contributed by atoms with Crippen molar-refractivity contribution in [2.45, 2.75) is 0 Å². The molecule has 7 heteroatoms. The molecular weight excluding hydrogens is 292 g/mol. The number of nitrogens with one attached hydrogen (secondary N) is 2. The fourth-order valence-electron chi connectivity index (χ4n) is 1.93. The second-order valence-corrected chi connectivity index (χ2v) is 4.68. The summed E-state index contributed by atoms with van der Waals surface area (Å²) in [6, 6.07) is 8.69. The number of carbonyl (C=O) groups is 1. The molecule has 0 aliphatic rings. The van der Waals surface area contributed by atoms with Crippen LogP contribution in [-0.2, 0) is 0 Å². The van der Waals surface area contributed by atoms with Gasteiger partial charge in [-0.05, 0) is 24.3 Å². The van der Waals surface area contributed by atoms with Crippen LogP contribution in [-0.4, -0.2) is 28.0 Å². The van der Waals surface area contributed by atoms with Crippen molar-refractivity contribution in [3.8, 4) is 5.88 Å². The SMILES string of the molecule is COc1cc(Cl)nc(NC(=O)c2ccc3[nH]ccc3c2)n1. The number of fused-ring (bicyclic) bond motifs is 1. The molecule has 0 aliphatic heterocycles. The maximum Gasteiger partial charge on any atom is 0.258 e. The second-order valence-electron chi connectivity index (χ2n) is 4.29. The largest absolute Gasteiger partial charge is 0.481 e. The van der Waals surface area contributed by atoms with Crippen LogP contribution >= 0.6 is 11.6 Å². The molecule has 0 atom stereocenters. The Balaban J connectivity index is 1.86. The molecular formula is C14H11ClN4O2. The van der Waals surface area contributed by atoms with Crippen molar-refractivity contribution in [2.75, 3.05) is 12.4 Å². The van der Waals surface area contributed by atoms with E-state index < -0.39 is 0 Å². The van der Waals surface area contributed by atoms with E-state index in [2.05, 4.69) is 20.3 Å². The summed E-state index contributed by atoms with van der Waals surface area (Å²) in [6.07, 6.45) is 1.82. The van der Waals surface area contributed by atoms with E-state index in [4.69, 9.17) is 16.3 Å². The lowest BCUT2D eigenvalue weighted by molar-refractivity contribution is 0.102. The standard InChI is InChI=1S/C14H11ClN4O2/c1-21-12-7-11(15)17-14(18-12)19-13(20)9-2-3-10-8(6-9)4-5-16-10/h2-7,16H,1H3,(H,17,18,19,20). The first-order valence-electron chi connectivity index (χ1n) is 6.13. The van der Waals surface area contributed by atoms with Gasteiger partial charge in [0.05, 0.1) is 7.11 Å². The van der Waals surface area contributed by atoms with Gasteiger partial charge >= 0.3 is 0 Å². The number of methoxy groups -OCH3 is 1. The second kappa shape index (κ2) is 5.41. The first-order chi connectivity index (χ1) is 10.2. The summed E-state index contributed by atoms with van der Waals surface area (Å²) in [5.41, 5.74) is 1.47. The van der Waals surface area contributed by atoms with Crippen LogP contribution in [0.3, 0.4) is 0 Å². The van der Waals surface area contributed by atoms with Crippen LogP contribution in [0.2, 0.25) is 5.15 Å². The molecule has 0 saturated heterocycles. The van der Waals surface area contributed by atoms with Gasteiger partial charge in [0.25, 0.3) is 5.91 Å². The van der Waals surface area contributed by atoms with Crippen LogP contribution in [0, 0.1) is 0 Å². The number of H-pyrrole nitrogens is 1. The smallest absolute Gasteiger partial charge is 0.258 e. The summed E-state index contributed by atoms with van der Waals surface area (Å²) in [7, 11) is 1.46. The van der Waals surface area contributed by atoms with Gasteiger partial charge in [-0.25, -0.2) is 4.98 Å². The summed E-state index contributed by atoms with van der Waals surface area (Å²) in [4.78, 5) is 23.2. The average molecular weight is 303 g/mol. The molecule has 1 aromatic carbocycles. The molecule has 2 aromatic heterocycles. The molecule has 0 aliphatic carbocycles. The van der Waals surface area contributed by atoms with Gasteiger partial charge in [0.1, 0.15) is 5.15 Å². The van der Waals surface area contributed by atoms with Gasteiger partial charge in [0.2, 0.25) is 11.8 Å². The van der Waals surface area contributed by atoms with E-state index in [-0.39, 0.29) is 22.9 Å². The molecule has 3 rings (SSSR count). The number of ether oxygens (including phenoxy) is 1. The average Bonchev–Trinajstić information content (AvgIpc) is 2.93. The highest BCUT2D eigenvalue weighted by atomic mass is 35.5. The Bertz CT molecular complexity index is 816. The van der Waals surface area contributed by atoms with Crippen molar-refractivity contribution in [1.82, 2.24) is 15.0 Å². The molecule has 0 radical (unpaired) electrons. The van der Waals surface area contributed by atoms with Crippen molar-refractivity contribution in [1.29, 1.82) is 0 Å². The third-order valence-corrected chi connectivity index (χ3v) is 3.11. The van der Waals surface area contributed by atoms with Crippen molar-refractivity contribution >= 4 is 34.4 Å². The highest BCUT2D eigenvalue weighted by molar-refractivity contribution is 6.29. The Morgan fingerprint density at radius 1 is 1.29 bits per heavy atom. The lowest BCUT2D eigenvalue weighted by Gasteiger charge is -2.06. The van der Waals surface area contributed by atoms with E-state index in [1.165, 1.54) is 13.2 Å². The predicted molar refractivity (Wildman–Crippen MR) is 79.8 cm³/mol. The molecule has 2 N–H and O–H groups in total. The van der Waals surface area contributed by atoms with Gasteiger partial charge in [-0.2, -0.15) is 4.98 Å². The number of amides is 1. The molecule has 6 nitrogen and oxygen atoms in total. The molecule has 0 saturated carbocycles. The molecule has 3 aromatic rings. The van der Waals surface area contributed by atoms with Gasteiger partial charge in [-0.1, -0.05) is 11.6 Å². The molecule has 2 heterocycles. The van der Waals surface area contributed by atoms with Gasteiger partial charge in [-0.15, -0.1) is 0 Å². The third-order valence-electron chi connectivity index (χ3n) is 2.92. The van der Waals surface area contributed by atoms with Crippen molar-refractivity contribution in [3.63, 3.8) is 0 Å². The number of benzene rings is 1. The fraction of sp³-hybridized carbons (Fsp3) is 0.0714. The van der Waals surface area contributed by atoms with E-state index in [0.29, 0.717) is 5.56 Å². The van der Waals surface area contributed by atoms with E-state index in [1.807, 2.05) is 18.3 Å². The zero-order chi connectivity index (χ0) is 14.8. The van der Waals surface area contributed by atoms with E-state index >= 15 is 0 Å². The zero-order valence-electron chi connectivity index (χ0n) is 11.1. The number of rotatable bonds is 3. The number of halogens is 1. The summed E-state index contributed by atoms with van der Waals surface area (Å²) in [5, 5.41) is 3.74. The minimum atomic E-state index is -0.317.